The van der Waals surface area contributed by atoms with Gasteiger partial charge in [0.1, 0.15) is 35.2 Å². The number of fused-ring (bicyclic) bond motifs is 2. The smallest absolute Gasteiger partial charge is 0.335 e. The zero-order valence-electron chi connectivity index (χ0n) is 52.6. The summed E-state index contributed by atoms with van der Waals surface area (Å²) >= 11 is -1.50. The van der Waals surface area contributed by atoms with E-state index in [1.54, 1.807) is 6.20 Å². The van der Waals surface area contributed by atoms with Crippen LogP contribution in [0.3, 0.4) is 0 Å². The quantitative estimate of drug-likeness (QED) is 0.101. The molecule has 4 aliphatic rings. The lowest BCUT2D eigenvalue weighted by molar-refractivity contribution is 0.207. The lowest BCUT2D eigenvalue weighted by Crippen LogP contribution is -2.43. The summed E-state index contributed by atoms with van der Waals surface area (Å²) < 4.78 is 103. The molecule has 1 saturated heterocycles. The summed E-state index contributed by atoms with van der Waals surface area (Å²) in [5, 5.41) is 17.1. The van der Waals surface area contributed by atoms with Crippen LogP contribution in [0.4, 0.5) is 20.7 Å². The van der Waals surface area contributed by atoms with E-state index in [9.17, 15) is 17.2 Å². The van der Waals surface area contributed by atoms with Crippen molar-refractivity contribution in [3.05, 3.63) is 144 Å². The van der Waals surface area contributed by atoms with Crippen LogP contribution in [0.2, 0.25) is 0 Å². The minimum atomic E-state index is -3.56. The topological polar surface area (TPSA) is 278 Å². The summed E-state index contributed by atoms with van der Waals surface area (Å²) in [4.78, 5) is 31.6. The first-order valence-electron chi connectivity index (χ1n) is 30.8. The third kappa shape index (κ3) is 15.9. The zero-order valence-corrected chi connectivity index (χ0v) is 55.1. The number of alkyl halides is 2. The van der Waals surface area contributed by atoms with Crippen molar-refractivity contribution in [2.24, 2.45) is 0 Å². The summed E-state index contributed by atoms with van der Waals surface area (Å²) in [7, 11) is -3.56. The molecule has 22 nitrogen and oxygen atoms in total. The van der Waals surface area contributed by atoms with Crippen molar-refractivity contribution >= 4 is 67.2 Å². The molecule has 5 atom stereocenters. The summed E-state index contributed by atoms with van der Waals surface area (Å²) in [5.41, 5.74) is 14.0. The van der Waals surface area contributed by atoms with E-state index in [1.807, 2.05) is 115 Å². The van der Waals surface area contributed by atoms with Crippen LogP contribution in [0, 0.1) is 41.5 Å². The number of nitrogens with zero attached hydrogens (tertiary/aromatic N) is 11. The summed E-state index contributed by atoms with van der Waals surface area (Å²) in [5.74, 6) is 2.50. The SMILES string of the molecule is Cc1cnc(N[C@H]2CCC[C@@H]2N2CC[C@@H](F)C2)nc1-c1cn(-c2ccccc2)c2nc(-c3c(C)noc3C)ccc12.Cc1cnc(N[C@H]2CCC[C@H]2OS(C)(=O)=O)nc1-c1cn(-c2ccccc2)c2nc(-c3c(C)noc3C)ccc12.FC1CCCC1.O=S=O.O=S=O. The Hall–Kier alpha value is -8.63. The Labute approximate surface area is 544 Å². The van der Waals surface area contributed by atoms with Crippen molar-refractivity contribution in [2.45, 2.75) is 149 Å². The summed E-state index contributed by atoms with van der Waals surface area (Å²) in [6.45, 7) is 13.0. The Morgan fingerprint density at radius 2 is 1.02 bits per heavy atom. The van der Waals surface area contributed by atoms with Crippen LogP contribution in [-0.4, -0.2) is 135 Å². The Balaban J connectivity index is 0.000000173. The number of likely N-dealkylation sites (tertiary alicyclic amines) is 1. The van der Waals surface area contributed by atoms with Crippen molar-refractivity contribution in [1.29, 1.82) is 0 Å². The normalized spacial score (nSPS) is 18.8. The molecule has 3 saturated carbocycles. The van der Waals surface area contributed by atoms with Crippen LogP contribution in [0.5, 0.6) is 0 Å². The molecule has 1 aliphatic heterocycles. The number of aryl methyl sites for hydroxylation is 6. The second-order valence-corrected chi connectivity index (χ2v) is 25.5. The number of halogens is 2. The van der Waals surface area contributed by atoms with E-state index in [2.05, 4.69) is 75.4 Å². The highest BCUT2D eigenvalue weighted by atomic mass is 32.2. The molecule has 9 heterocycles. The molecule has 8 aromatic heterocycles. The third-order valence-corrected chi connectivity index (χ3v) is 17.8. The molecule has 10 aromatic rings. The van der Waals surface area contributed by atoms with Gasteiger partial charge in [0, 0.05) is 83.2 Å². The van der Waals surface area contributed by atoms with Crippen molar-refractivity contribution in [2.75, 3.05) is 30.0 Å². The molecule has 0 radical (unpaired) electrons. The fraction of sp³-hybridized carbons (Fsp3) is 0.394. The first kappa shape index (κ1) is 67.3. The summed E-state index contributed by atoms with van der Waals surface area (Å²) in [6, 6.07) is 28.8. The predicted molar refractivity (Wildman–Crippen MR) is 352 cm³/mol. The molecular weight excluding hydrogens is 1250 g/mol. The Kier molecular flexibility index (Phi) is 22.0. The molecule has 0 amide bonds. The van der Waals surface area contributed by atoms with Gasteiger partial charge in [-0.3, -0.25) is 9.08 Å². The van der Waals surface area contributed by atoms with Gasteiger partial charge in [-0.25, -0.2) is 38.7 Å². The van der Waals surface area contributed by atoms with Crippen LogP contribution in [0.15, 0.2) is 119 Å². The highest BCUT2D eigenvalue weighted by Crippen LogP contribution is 2.39. The fourth-order valence-electron chi connectivity index (χ4n) is 12.9. The van der Waals surface area contributed by atoms with E-state index in [4.69, 9.17) is 50.0 Å². The van der Waals surface area contributed by atoms with E-state index in [-0.39, 0.29) is 12.1 Å². The second-order valence-electron chi connectivity index (χ2n) is 23.6. The van der Waals surface area contributed by atoms with Gasteiger partial charge in [0.2, 0.25) is 11.9 Å². The number of nitrogens with one attached hydrogen (secondary N) is 2. The van der Waals surface area contributed by atoms with Crippen molar-refractivity contribution in [3.8, 4) is 56.4 Å². The molecule has 2 N–H and O–H groups in total. The molecule has 27 heteroatoms. The van der Waals surface area contributed by atoms with Gasteiger partial charge in [0.05, 0.1) is 63.7 Å². The molecule has 14 rings (SSSR count). The van der Waals surface area contributed by atoms with Gasteiger partial charge in [-0.2, -0.15) is 25.3 Å². The van der Waals surface area contributed by atoms with E-state index in [1.165, 1.54) is 0 Å². The maximum Gasteiger partial charge on any atom is 0.335 e. The van der Waals surface area contributed by atoms with Crippen LogP contribution >= 0.6 is 0 Å². The molecule has 0 unspecified atom stereocenters. The molecule has 93 heavy (non-hydrogen) atoms. The first-order chi connectivity index (χ1) is 44.9. The number of para-hydroxylation sites is 2. The lowest BCUT2D eigenvalue weighted by atomic mass is 10.1. The largest absolute Gasteiger partial charge is 0.361 e. The minimum absolute atomic E-state index is 0.199. The number of rotatable bonds is 13. The molecule has 2 aromatic carbocycles. The second kappa shape index (κ2) is 30.4. The molecule has 488 valence electrons. The fourth-order valence-corrected chi connectivity index (χ4v) is 13.6. The van der Waals surface area contributed by atoms with Crippen LogP contribution in [0.25, 0.3) is 78.5 Å². The van der Waals surface area contributed by atoms with Crippen LogP contribution in [0.1, 0.15) is 105 Å². The van der Waals surface area contributed by atoms with E-state index < -0.39 is 51.7 Å². The van der Waals surface area contributed by atoms with Crippen molar-refractivity contribution in [1.82, 2.24) is 54.3 Å². The van der Waals surface area contributed by atoms with E-state index >= 15 is 0 Å². The highest BCUT2D eigenvalue weighted by molar-refractivity contribution is 7.86. The van der Waals surface area contributed by atoms with Gasteiger partial charge in [-0.1, -0.05) is 59.6 Å². The number of hydrogen-bond donors (Lipinski definition) is 2. The monoisotopic (exact) mass is 1330 g/mol. The zero-order chi connectivity index (χ0) is 65.9. The minimum Gasteiger partial charge on any atom is -0.361 e. The number of aromatic nitrogens is 10. The maximum atomic E-state index is 14.0. The Morgan fingerprint density at radius 3 is 1.44 bits per heavy atom. The highest BCUT2D eigenvalue weighted by Gasteiger charge is 2.37. The van der Waals surface area contributed by atoms with Gasteiger partial charge in [0.15, 0.2) is 0 Å². The lowest BCUT2D eigenvalue weighted by Gasteiger charge is -2.29. The summed E-state index contributed by atoms with van der Waals surface area (Å²) in [6.07, 6.45) is 17.3. The number of anilines is 2. The standard InChI is InChI=1S/C32H34FN7O.C29H30N6O4S.C5H9F.2O2S/c1-19-16-34-32(36-26-10-7-11-28(26)39-15-14-22(33)17-39)37-30(19)25-18-40(23-8-5-4-6-9-23)31-24(25)12-13-27(35-31)29-20(2)38-41-21(29)3;1-17-15-30-29(32-23-11-8-12-25(23)39-40(4,36)37)33-27(17)22-16-35(20-9-6-5-7-10-20)28-21(22)13-14-24(31-28)26-18(2)34-38-19(26)3;6-5-3-1-2-4-5;2*1-3-2/h4-6,8-9,12-13,16,18,22,26,28H,7,10-11,14-15,17H2,1-3H3,(H,34,36,37);5-7,9-10,13-16,23,25H,8,11-12H2,1-4H3,(H,30,32,33);5H,1-4H2;;/t22-,26+,28+;23-,25+;;;/m10.../s1. The van der Waals surface area contributed by atoms with Crippen LogP contribution < -0.4 is 10.6 Å². The van der Waals surface area contributed by atoms with E-state index in [0.29, 0.717) is 37.3 Å². The molecule has 3 aliphatic carbocycles. The van der Waals surface area contributed by atoms with Gasteiger partial charge >= 0.3 is 23.1 Å². The predicted octanol–water partition coefficient (Wildman–Crippen LogP) is 12.4. The molecular formula is C66H73F2N13O9S3. The van der Waals surface area contributed by atoms with Gasteiger partial charge < -0.3 is 28.8 Å². The maximum absolute atomic E-state index is 14.0. The van der Waals surface area contributed by atoms with Gasteiger partial charge in [-0.15, -0.1) is 0 Å². The van der Waals surface area contributed by atoms with Gasteiger partial charge in [-0.05, 0) is 159 Å². The average molecular weight is 1330 g/mol. The number of benzene rings is 2. The van der Waals surface area contributed by atoms with Crippen molar-refractivity contribution in [3.63, 3.8) is 0 Å². The number of pyridine rings is 2. The first-order valence-corrected chi connectivity index (χ1v) is 34.0. The van der Waals surface area contributed by atoms with Crippen molar-refractivity contribution < 1.29 is 47.3 Å². The molecule has 0 spiro atoms. The van der Waals surface area contributed by atoms with E-state index in [0.717, 1.165) is 183 Å². The molecule has 4 fully saturated rings. The Bertz CT molecular complexity index is 4370. The van der Waals surface area contributed by atoms with Crippen LogP contribution in [-0.2, 0) is 37.4 Å². The third-order valence-electron chi connectivity index (χ3n) is 17.2. The Morgan fingerprint density at radius 1 is 0.559 bits per heavy atom. The molecule has 0 bridgehead atoms. The average Bonchev–Trinajstić information content (AvgIpc) is 1.62. The van der Waals surface area contributed by atoms with Gasteiger partial charge in [0.25, 0.3) is 10.1 Å². The number of hydrogen-bond acceptors (Lipinski definition) is 20.